The Hall–Kier alpha value is -3.54. The van der Waals surface area contributed by atoms with Crippen molar-refractivity contribution in [1.82, 2.24) is 14.9 Å². The van der Waals surface area contributed by atoms with Crippen molar-refractivity contribution in [3.63, 3.8) is 0 Å². The standard InChI is InChI=1S/C20H18N4O2/c1-24(13-14-6-5-9-16(10-14)18(21)25)20(26)17-11-22-19(23-12-17)15-7-3-2-4-8-15/h2-12H,13H2,1H3,(H2,21,25). The molecule has 3 aromatic rings. The molecule has 0 aliphatic carbocycles. The highest BCUT2D eigenvalue weighted by Crippen LogP contribution is 2.14. The molecule has 6 heteroatoms. The van der Waals surface area contributed by atoms with Gasteiger partial charge in [0.25, 0.3) is 5.91 Å². The Balaban J connectivity index is 1.72. The van der Waals surface area contributed by atoms with Crippen molar-refractivity contribution in [2.24, 2.45) is 5.73 Å². The Labute approximate surface area is 151 Å². The predicted molar refractivity (Wildman–Crippen MR) is 98.2 cm³/mol. The molecule has 0 saturated carbocycles. The number of nitrogens with two attached hydrogens (primary N) is 1. The molecule has 2 N–H and O–H groups in total. The highest BCUT2D eigenvalue weighted by atomic mass is 16.2. The molecule has 130 valence electrons. The highest BCUT2D eigenvalue weighted by molar-refractivity contribution is 5.94. The molecule has 0 spiro atoms. The number of primary amides is 1. The van der Waals surface area contributed by atoms with Gasteiger partial charge in [-0.2, -0.15) is 0 Å². The normalized spacial score (nSPS) is 10.3. The minimum Gasteiger partial charge on any atom is -0.366 e. The van der Waals surface area contributed by atoms with Gasteiger partial charge in [0.05, 0.1) is 5.56 Å². The molecule has 26 heavy (non-hydrogen) atoms. The summed E-state index contributed by atoms with van der Waals surface area (Å²) in [6.07, 6.45) is 3.04. The van der Waals surface area contributed by atoms with Gasteiger partial charge in [0, 0.05) is 37.1 Å². The SMILES string of the molecule is CN(Cc1cccc(C(N)=O)c1)C(=O)c1cnc(-c2ccccc2)nc1. The third kappa shape index (κ3) is 3.92. The topological polar surface area (TPSA) is 89.2 Å². The molecule has 0 aliphatic rings. The average molecular weight is 346 g/mol. The van der Waals surface area contributed by atoms with Gasteiger partial charge < -0.3 is 10.6 Å². The van der Waals surface area contributed by atoms with Crippen molar-refractivity contribution in [3.05, 3.63) is 83.7 Å². The number of amides is 2. The molecular formula is C20H18N4O2. The number of benzene rings is 2. The molecule has 0 atom stereocenters. The summed E-state index contributed by atoms with van der Waals surface area (Å²) in [6, 6.07) is 16.5. The maximum Gasteiger partial charge on any atom is 0.257 e. The second-order valence-electron chi connectivity index (χ2n) is 5.89. The fourth-order valence-electron chi connectivity index (χ4n) is 2.56. The van der Waals surface area contributed by atoms with E-state index in [1.165, 1.54) is 12.4 Å². The van der Waals surface area contributed by atoms with Gasteiger partial charge in [0.15, 0.2) is 5.82 Å². The quantitative estimate of drug-likeness (QED) is 0.769. The molecular weight excluding hydrogens is 328 g/mol. The minimum atomic E-state index is -0.495. The summed E-state index contributed by atoms with van der Waals surface area (Å²) < 4.78 is 0. The molecule has 1 heterocycles. The second kappa shape index (κ2) is 7.57. The molecule has 3 rings (SSSR count). The molecule has 0 fully saturated rings. The first-order valence-corrected chi connectivity index (χ1v) is 8.06. The van der Waals surface area contributed by atoms with Crippen LogP contribution in [0.15, 0.2) is 67.0 Å². The van der Waals surface area contributed by atoms with Crippen molar-refractivity contribution in [2.45, 2.75) is 6.54 Å². The molecule has 0 radical (unpaired) electrons. The van der Waals surface area contributed by atoms with Crippen molar-refractivity contribution in [1.29, 1.82) is 0 Å². The van der Waals surface area contributed by atoms with Crippen LogP contribution in [0.2, 0.25) is 0 Å². The molecule has 2 aromatic carbocycles. The molecule has 0 aliphatic heterocycles. The van der Waals surface area contributed by atoms with Crippen LogP contribution in [0.5, 0.6) is 0 Å². The van der Waals surface area contributed by atoms with Crippen molar-refractivity contribution >= 4 is 11.8 Å². The van der Waals surface area contributed by atoms with Crippen LogP contribution in [0, 0.1) is 0 Å². The van der Waals surface area contributed by atoms with Gasteiger partial charge in [-0.05, 0) is 17.7 Å². The van der Waals surface area contributed by atoms with Gasteiger partial charge in [0.2, 0.25) is 5.91 Å². The first-order chi connectivity index (χ1) is 12.5. The van der Waals surface area contributed by atoms with E-state index >= 15 is 0 Å². The van der Waals surface area contributed by atoms with Crippen LogP contribution in [0.4, 0.5) is 0 Å². The largest absolute Gasteiger partial charge is 0.366 e. The monoisotopic (exact) mass is 346 g/mol. The minimum absolute atomic E-state index is 0.200. The van der Waals surface area contributed by atoms with Crippen molar-refractivity contribution in [2.75, 3.05) is 7.05 Å². The lowest BCUT2D eigenvalue weighted by molar-refractivity contribution is 0.0784. The Bertz CT molecular complexity index is 924. The summed E-state index contributed by atoms with van der Waals surface area (Å²) in [5.41, 5.74) is 7.82. The zero-order valence-corrected chi connectivity index (χ0v) is 14.3. The van der Waals surface area contributed by atoms with Crippen LogP contribution in [0.25, 0.3) is 11.4 Å². The Morgan fingerprint density at radius 2 is 1.65 bits per heavy atom. The van der Waals surface area contributed by atoms with E-state index in [-0.39, 0.29) is 5.91 Å². The van der Waals surface area contributed by atoms with Crippen LogP contribution < -0.4 is 5.73 Å². The fourth-order valence-corrected chi connectivity index (χ4v) is 2.56. The van der Waals surface area contributed by atoms with Gasteiger partial charge in [-0.3, -0.25) is 9.59 Å². The average Bonchev–Trinajstić information content (AvgIpc) is 2.68. The number of nitrogens with zero attached hydrogens (tertiary/aromatic N) is 3. The van der Waals surface area contributed by atoms with Crippen LogP contribution in [-0.4, -0.2) is 33.7 Å². The number of rotatable bonds is 5. The maximum atomic E-state index is 12.6. The molecule has 1 aromatic heterocycles. The highest BCUT2D eigenvalue weighted by Gasteiger charge is 2.14. The summed E-state index contributed by atoms with van der Waals surface area (Å²) in [5, 5.41) is 0. The number of hydrogen-bond acceptors (Lipinski definition) is 4. The lowest BCUT2D eigenvalue weighted by atomic mass is 10.1. The first kappa shape index (κ1) is 17.3. The summed E-state index contributed by atoms with van der Waals surface area (Å²) in [7, 11) is 1.68. The van der Waals surface area contributed by atoms with Crippen LogP contribution in [-0.2, 0) is 6.54 Å². The molecule has 6 nitrogen and oxygen atoms in total. The summed E-state index contributed by atoms with van der Waals surface area (Å²) in [5.74, 6) is -0.126. The van der Waals surface area contributed by atoms with Gasteiger partial charge in [-0.15, -0.1) is 0 Å². The fraction of sp³-hybridized carbons (Fsp3) is 0.100. The number of hydrogen-bond donors (Lipinski definition) is 1. The first-order valence-electron chi connectivity index (χ1n) is 8.06. The van der Waals surface area contributed by atoms with Gasteiger partial charge in [-0.1, -0.05) is 42.5 Å². The van der Waals surface area contributed by atoms with E-state index in [0.717, 1.165) is 11.1 Å². The molecule has 0 unspecified atom stereocenters. The van der Waals surface area contributed by atoms with Crippen molar-refractivity contribution in [3.8, 4) is 11.4 Å². The summed E-state index contributed by atoms with van der Waals surface area (Å²) >= 11 is 0. The van der Waals surface area contributed by atoms with E-state index in [1.807, 2.05) is 36.4 Å². The van der Waals surface area contributed by atoms with E-state index in [1.54, 1.807) is 30.1 Å². The second-order valence-corrected chi connectivity index (χ2v) is 5.89. The lowest BCUT2D eigenvalue weighted by Gasteiger charge is -2.17. The van der Waals surface area contributed by atoms with Crippen LogP contribution in [0.1, 0.15) is 26.3 Å². The maximum absolute atomic E-state index is 12.6. The Kier molecular flexibility index (Phi) is 5.03. The molecule has 0 bridgehead atoms. The number of carbonyl (C=O) groups is 2. The van der Waals surface area contributed by atoms with E-state index in [4.69, 9.17) is 5.73 Å². The zero-order valence-electron chi connectivity index (χ0n) is 14.3. The lowest BCUT2D eigenvalue weighted by Crippen LogP contribution is -2.26. The van der Waals surface area contributed by atoms with Crippen LogP contribution >= 0.6 is 0 Å². The molecule has 0 saturated heterocycles. The van der Waals surface area contributed by atoms with Gasteiger partial charge in [-0.25, -0.2) is 9.97 Å². The van der Waals surface area contributed by atoms with E-state index in [9.17, 15) is 9.59 Å². The smallest absolute Gasteiger partial charge is 0.257 e. The Morgan fingerprint density at radius 1 is 0.962 bits per heavy atom. The van der Waals surface area contributed by atoms with Crippen molar-refractivity contribution < 1.29 is 9.59 Å². The number of carbonyl (C=O) groups excluding carboxylic acids is 2. The zero-order chi connectivity index (χ0) is 18.5. The van der Waals surface area contributed by atoms with E-state index < -0.39 is 5.91 Å². The summed E-state index contributed by atoms with van der Waals surface area (Å²) in [6.45, 7) is 0.348. The molecule has 2 amide bonds. The van der Waals surface area contributed by atoms with E-state index in [0.29, 0.717) is 23.5 Å². The van der Waals surface area contributed by atoms with Crippen LogP contribution in [0.3, 0.4) is 0 Å². The Morgan fingerprint density at radius 3 is 2.31 bits per heavy atom. The third-order valence-electron chi connectivity index (χ3n) is 3.91. The third-order valence-corrected chi connectivity index (χ3v) is 3.91. The number of aromatic nitrogens is 2. The van der Waals surface area contributed by atoms with Gasteiger partial charge >= 0.3 is 0 Å². The predicted octanol–water partition coefficient (Wildman–Crippen LogP) is 2.51. The summed E-state index contributed by atoms with van der Waals surface area (Å²) in [4.78, 5) is 33.9. The van der Waals surface area contributed by atoms with E-state index in [2.05, 4.69) is 9.97 Å². The van der Waals surface area contributed by atoms with Gasteiger partial charge in [0.1, 0.15) is 0 Å².